The van der Waals surface area contributed by atoms with Gasteiger partial charge in [-0.05, 0) is 82.1 Å². The van der Waals surface area contributed by atoms with E-state index in [-0.39, 0.29) is 0 Å². The van der Waals surface area contributed by atoms with Crippen LogP contribution >= 0.6 is 0 Å². The van der Waals surface area contributed by atoms with E-state index in [0.29, 0.717) is 12.1 Å². The van der Waals surface area contributed by atoms with Gasteiger partial charge < -0.3 is 10.5 Å². The molecule has 4 rings (SSSR count). The number of hydrogen-bond donors (Lipinski definition) is 1. The molecule has 25 heavy (non-hydrogen) atoms. The van der Waals surface area contributed by atoms with Gasteiger partial charge in [0.25, 0.3) is 0 Å². The highest BCUT2D eigenvalue weighted by atomic mass is 16.5. The molecule has 0 bridgehead atoms. The molecule has 0 amide bonds. The average Bonchev–Trinajstić information content (AvgIpc) is 3.21. The van der Waals surface area contributed by atoms with E-state index in [2.05, 4.69) is 6.08 Å². The van der Waals surface area contributed by atoms with Crippen molar-refractivity contribution in [2.45, 2.75) is 95.6 Å². The van der Waals surface area contributed by atoms with Crippen LogP contribution in [0.15, 0.2) is 27.9 Å². The Balaban J connectivity index is 1.26. The van der Waals surface area contributed by atoms with E-state index >= 15 is 0 Å². The lowest BCUT2D eigenvalue weighted by atomic mass is 9.85. The van der Waals surface area contributed by atoms with Gasteiger partial charge in [0.05, 0.1) is 12.7 Å². The normalized spacial score (nSPS) is 29.2. The zero-order valence-electron chi connectivity index (χ0n) is 15.6. The number of ether oxygens (including phenoxy) is 1. The second-order valence-corrected chi connectivity index (χ2v) is 8.49. The molecule has 0 aromatic carbocycles. The number of allylic oxidation sites excluding steroid dienone is 2. The van der Waals surface area contributed by atoms with Gasteiger partial charge in [-0.3, -0.25) is 4.99 Å². The molecule has 4 aliphatic rings. The third-order valence-electron chi connectivity index (χ3n) is 6.78. The highest BCUT2D eigenvalue weighted by molar-refractivity contribution is 5.87. The van der Waals surface area contributed by atoms with Crippen LogP contribution in [-0.2, 0) is 4.74 Å². The summed E-state index contributed by atoms with van der Waals surface area (Å²) in [6, 6.07) is 0.308. The van der Waals surface area contributed by atoms with Crippen LogP contribution in [0.3, 0.4) is 0 Å². The number of nitrogens with zero attached hydrogens (tertiary/aromatic N) is 1. The monoisotopic (exact) mass is 342 g/mol. The fourth-order valence-electron chi connectivity index (χ4n) is 5.12. The third-order valence-corrected chi connectivity index (χ3v) is 6.78. The molecule has 1 fully saturated rings. The number of nitrogens with two attached hydrogens (primary N) is 1. The zero-order valence-corrected chi connectivity index (χ0v) is 15.6. The van der Waals surface area contributed by atoms with E-state index < -0.39 is 0 Å². The van der Waals surface area contributed by atoms with Gasteiger partial charge in [0.15, 0.2) is 0 Å². The molecule has 3 heteroatoms. The lowest BCUT2D eigenvalue weighted by Crippen LogP contribution is -2.33. The molecule has 0 saturated heterocycles. The quantitative estimate of drug-likeness (QED) is 0.710. The lowest BCUT2D eigenvalue weighted by Gasteiger charge is -2.29. The molecule has 2 unspecified atom stereocenters. The molecule has 2 N–H and O–H groups in total. The van der Waals surface area contributed by atoms with E-state index in [4.69, 9.17) is 15.5 Å². The Morgan fingerprint density at radius 3 is 2.64 bits per heavy atom. The van der Waals surface area contributed by atoms with Gasteiger partial charge in [-0.15, -0.1) is 0 Å². The lowest BCUT2D eigenvalue weighted by molar-refractivity contribution is 0.0721. The molecule has 1 saturated carbocycles. The maximum atomic E-state index is 6.52. The highest BCUT2D eigenvalue weighted by Crippen LogP contribution is 2.34. The SMILES string of the molecule is NC(C1=CCC(OCC2=NC3=C(CCCC3)CC2)CC1)C1CCCC1. The summed E-state index contributed by atoms with van der Waals surface area (Å²) in [4.78, 5) is 4.92. The number of aliphatic imine (C=N–C) groups is 1. The standard InChI is InChI=1S/C22H34N2O/c23-22(17-6-1-2-7-17)18-10-13-20(14-11-18)25-15-19-12-9-16-5-3-4-8-21(16)24-19/h10,17,20,22H,1-9,11-15,23H2. The molecule has 0 spiro atoms. The summed E-state index contributed by atoms with van der Waals surface area (Å²) in [5, 5.41) is 0. The Hall–Kier alpha value is -0.930. The van der Waals surface area contributed by atoms with Gasteiger partial charge in [0.1, 0.15) is 0 Å². The second kappa shape index (κ2) is 8.18. The van der Waals surface area contributed by atoms with E-state index in [1.54, 1.807) is 5.57 Å². The summed E-state index contributed by atoms with van der Waals surface area (Å²) in [5.41, 5.74) is 12.3. The summed E-state index contributed by atoms with van der Waals surface area (Å²) in [5.74, 6) is 0.735. The van der Waals surface area contributed by atoms with Crippen LogP contribution in [0.25, 0.3) is 0 Å². The van der Waals surface area contributed by atoms with Crippen molar-refractivity contribution in [3.63, 3.8) is 0 Å². The predicted octanol–water partition coefficient (Wildman–Crippen LogP) is 5.06. The summed E-state index contributed by atoms with van der Waals surface area (Å²) in [6.45, 7) is 0.735. The van der Waals surface area contributed by atoms with Crippen LogP contribution in [0.5, 0.6) is 0 Å². The minimum Gasteiger partial charge on any atom is -0.372 e. The van der Waals surface area contributed by atoms with Crippen molar-refractivity contribution in [2.24, 2.45) is 16.6 Å². The largest absolute Gasteiger partial charge is 0.372 e. The fourth-order valence-corrected chi connectivity index (χ4v) is 5.12. The Labute approximate surface area is 152 Å². The van der Waals surface area contributed by atoms with Gasteiger partial charge in [0, 0.05) is 17.5 Å². The smallest absolute Gasteiger partial charge is 0.0852 e. The van der Waals surface area contributed by atoms with Gasteiger partial charge in [-0.1, -0.05) is 24.5 Å². The van der Waals surface area contributed by atoms with Gasteiger partial charge in [-0.2, -0.15) is 0 Å². The number of hydrogen-bond acceptors (Lipinski definition) is 3. The van der Waals surface area contributed by atoms with Crippen molar-refractivity contribution in [2.75, 3.05) is 6.61 Å². The molecule has 3 nitrogen and oxygen atoms in total. The topological polar surface area (TPSA) is 47.6 Å². The molecular formula is C22H34N2O. The van der Waals surface area contributed by atoms with Crippen molar-refractivity contribution in [1.29, 1.82) is 0 Å². The molecule has 0 radical (unpaired) electrons. The summed E-state index contributed by atoms with van der Waals surface area (Å²) >= 11 is 0. The van der Waals surface area contributed by atoms with Crippen molar-refractivity contribution >= 4 is 5.71 Å². The first-order valence-electron chi connectivity index (χ1n) is 10.6. The highest BCUT2D eigenvalue weighted by Gasteiger charge is 2.27. The Kier molecular flexibility index (Phi) is 5.72. The first-order chi connectivity index (χ1) is 12.3. The maximum Gasteiger partial charge on any atom is 0.0852 e. The fraction of sp³-hybridized carbons (Fsp3) is 0.773. The zero-order chi connectivity index (χ0) is 17.1. The average molecular weight is 343 g/mol. The molecule has 3 aliphatic carbocycles. The Morgan fingerprint density at radius 1 is 1.00 bits per heavy atom. The predicted molar refractivity (Wildman–Crippen MR) is 104 cm³/mol. The van der Waals surface area contributed by atoms with Crippen molar-refractivity contribution in [3.8, 4) is 0 Å². The molecule has 2 atom stereocenters. The van der Waals surface area contributed by atoms with Crippen molar-refractivity contribution < 1.29 is 4.74 Å². The van der Waals surface area contributed by atoms with E-state index in [9.17, 15) is 0 Å². The van der Waals surface area contributed by atoms with Crippen LogP contribution in [-0.4, -0.2) is 24.5 Å². The molecule has 1 aliphatic heterocycles. The first kappa shape index (κ1) is 17.5. The Morgan fingerprint density at radius 2 is 1.84 bits per heavy atom. The Bertz CT molecular complexity index is 569. The molecule has 138 valence electrons. The summed E-state index contributed by atoms with van der Waals surface area (Å²) in [7, 11) is 0. The summed E-state index contributed by atoms with van der Waals surface area (Å²) < 4.78 is 6.22. The van der Waals surface area contributed by atoms with Gasteiger partial charge in [0.2, 0.25) is 0 Å². The van der Waals surface area contributed by atoms with Crippen molar-refractivity contribution in [3.05, 3.63) is 22.9 Å². The van der Waals surface area contributed by atoms with Crippen LogP contribution in [0.1, 0.15) is 83.5 Å². The van der Waals surface area contributed by atoms with E-state index in [0.717, 1.165) is 38.2 Å². The molecule has 0 aromatic rings. The van der Waals surface area contributed by atoms with Gasteiger partial charge >= 0.3 is 0 Å². The van der Waals surface area contributed by atoms with Crippen molar-refractivity contribution in [1.82, 2.24) is 0 Å². The summed E-state index contributed by atoms with van der Waals surface area (Å²) in [6.07, 6.45) is 18.9. The second-order valence-electron chi connectivity index (χ2n) is 8.49. The minimum absolute atomic E-state index is 0.308. The van der Waals surface area contributed by atoms with E-state index in [1.165, 1.54) is 74.8 Å². The molecule has 0 aromatic heterocycles. The van der Waals surface area contributed by atoms with Crippen LogP contribution < -0.4 is 5.73 Å². The van der Waals surface area contributed by atoms with Crippen LogP contribution in [0.4, 0.5) is 0 Å². The van der Waals surface area contributed by atoms with Gasteiger partial charge in [-0.25, -0.2) is 0 Å². The number of rotatable bonds is 5. The maximum absolute atomic E-state index is 6.52. The van der Waals surface area contributed by atoms with Crippen LogP contribution in [0, 0.1) is 5.92 Å². The molecular weight excluding hydrogens is 308 g/mol. The van der Waals surface area contributed by atoms with Crippen LogP contribution in [0.2, 0.25) is 0 Å². The van der Waals surface area contributed by atoms with E-state index in [1.807, 2.05) is 0 Å². The third kappa shape index (κ3) is 4.25. The first-order valence-corrected chi connectivity index (χ1v) is 10.6. The molecule has 1 heterocycles. The minimum atomic E-state index is 0.308.